The third kappa shape index (κ3) is 4.34. The van der Waals surface area contributed by atoms with Crippen LogP contribution in [0.15, 0.2) is 17.3 Å². The molecule has 2 aromatic heterocycles. The van der Waals surface area contributed by atoms with Crippen LogP contribution in [0.1, 0.15) is 62.4 Å². The number of aliphatic hydroxyl groups excluding tert-OH is 1. The highest BCUT2D eigenvalue weighted by Crippen LogP contribution is 2.38. The average molecular weight is 477 g/mol. The van der Waals surface area contributed by atoms with Gasteiger partial charge in [0.15, 0.2) is 0 Å². The summed E-state index contributed by atoms with van der Waals surface area (Å²) in [6, 6.07) is 0. The first-order valence-electron chi connectivity index (χ1n) is 11.5. The number of halogens is 1. The summed E-state index contributed by atoms with van der Waals surface area (Å²) in [5.41, 5.74) is 0.578. The normalized spacial score (nSPS) is 23.2. The lowest BCUT2D eigenvalue weighted by Crippen LogP contribution is -2.49. The Labute approximate surface area is 195 Å². The Balaban J connectivity index is 1.40. The van der Waals surface area contributed by atoms with Crippen molar-refractivity contribution in [2.45, 2.75) is 67.7 Å². The van der Waals surface area contributed by atoms with Crippen LogP contribution < -0.4 is 10.2 Å². The number of hydrogen-bond acceptors (Lipinski definition) is 8. The Morgan fingerprint density at radius 2 is 1.91 bits per heavy atom. The smallest absolute Gasteiger partial charge is 0.225 e. The second kappa shape index (κ2) is 9.19. The van der Waals surface area contributed by atoms with Crippen LogP contribution in [0, 0.1) is 0 Å². The topological polar surface area (TPSA) is 104 Å². The molecule has 4 heterocycles. The average Bonchev–Trinajstić information content (AvgIpc) is 2.98. The van der Waals surface area contributed by atoms with Crippen molar-refractivity contribution in [1.82, 2.24) is 19.9 Å². The lowest BCUT2D eigenvalue weighted by Gasteiger charge is -2.42. The molecule has 32 heavy (non-hydrogen) atoms. The Morgan fingerprint density at radius 3 is 2.56 bits per heavy atom. The molecule has 0 spiro atoms. The number of rotatable bonds is 5. The lowest BCUT2D eigenvalue weighted by atomic mass is 9.77. The molecular formula is C22H29ClN6O2S. The molecule has 0 aromatic carbocycles. The Bertz CT molecular complexity index is 987. The number of anilines is 2. The van der Waals surface area contributed by atoms with Crippen LogP contribution in [0.3, 0.4) is 0 Å². The van der Waals surface area contributed by atoms with Crippen LogP contribution >= 0.6 is 11.6 Å². The summed E-state index contributed by atoms with van der Waals surface area (Å²) in [7, 11) is -1.11. The predicted molar refractivity (Wildman–Crippen MR) is 125 cm³/mol. The molecule has 3 aliphatic rings. The first kappa shape index (κ1) is 22.0. The molecule has 1 saturated carbocycles. The highest BCUT2D eigenvalue weighted by Gasteiger charge is 2.38. The quantitative estimate of drug-likeness (QED) is 0.678. The molecule has 1 atom stereocenters. The minimum atomic E-state index is -1.11. The molecule has 2 fully saturated rings. The van der Waals surface area contributed by atoms with E-state index in [4.69, 9.17) is 21.6 Å². The molecule has 2 aliphatic heterocycles. The second-order valence-electron chi connectivity index (χ2n) is 9.09. The fraction of sp³-hybridized carbons (Fsp3) is 0.636. The summed E-state index contributed by atoms with van der Waals surface area (Å²) in [5, 5.41) is 14.0. The molecule has 0 bridgehead atoms. The van der Waals surface area contributed by atoms with Gasteiger partial charge in [-0.2, -0.15) is 0 Å². The monoisotopic (exact) mass is 476 g/mol. The van der Waals surface area contributed by atoms with E-state index in [-0.39, 0.29) is 18.1 Å². The van der Waals surface area contributed by atoms with Gasteiger partial charge >= 0.3 is 0 Å². The zero-order chi connectivity index (χ0) is 22.1. The van der Waals surface area contributed by atoms with Gasteiger partial charge in [-0.15, -0.1) is 0 Å². The van der Waals surface area contributed by atoms with Crippen molar-refractivity contribution in [3.8, 4) is 0 Å². The summed E-state index contributed by atoms with van der Waals surface area (Å²) in [5.74, 6) is 3.09. The molecule has 0 unspecified atom stereocenters. The van der Waals surface area contributed by atoms with Crippen LogP contribution in [-0.2, 0) is 17.2 Å². The van der Waals surface area contributed by atoms with Crippen molar-refractivity contribution in [2.75, 3.05) is 35.7 Å². The zero-order valence-electron chi connectivity index (χ0n) is 18.1. The number of piperidine rings is 1. The number of aromatic nitrogens is 4. The maximum Gasteiger partial charge on any atom is 0.225 e. The SMILES string of the molecule is O=[S@]1CCCCc2nc(C3CCN(c4ncc(Cl)cn4)CC3)nc(NC3(CO)CCC3)c21. The fourth-order valence-corrected chi connectivity index (χ4v) is 6.29. The van der Waals surface area contributed by atoms with Gasteiger partial charge in [0, 0.05) is 24.8 Å². The highest BCUT2D eigenvalue weighted by atomic mass is 35.5. The van der Waals surface area contributed by atoms with E-state index >= 15 is 0 Å². The maximum atomic E-state index is 13.0. The van der Waals surface area contributed by atoms with E-state index in [1.807, 2.05) is 0 Å². The van der Waals surface area contributed by atoms with Gasteiger partial charge in [0.1, 0.15) is 16.5 Å². The van der Waals surface area contributed by atoms with Crippen LogP contribution in [0.25, 0.3) is 0 Å². The van der Waals surface area contributed by atoms with Gasteiger partial charge in [-0.3, -0.25) is 4.21 Å². The van der Waals surface area contributed by atoms with Crippen molar-refractivity contribution < 1.29 is 9.32 Å². The van der Waals surface area contributed by atoms with Gasteiger partial charge in [-0.25, -0.2) is 19.9 Å². The minimum absolute atomic E-state index is 0.0627. The molecule has 10 heteroatoms. The third-order valence-electron chi connectivity index (χ3n) is 6.92. The number of fused-ring (bicyclic) bond motifs is 1. The summed E-state index contributed by atoms with van der Waals surface area (Å²) in [6.07, 6.45) is 10.7. The van der Waals surface area contributed by atoms with Gasteiger partial charge in [-0.05, 0) is 51.4 Å². The van der Waals surface area contributed by atoms with Gasteiger partial charge < -0.3 is 15.3 Å². The molecule has 1 saturated heterocycles. The molecule has 5 rings (SSSR count). The van der Waals surface area contributed by atoms with Crippen molar-refractivity contribution >= 4 is 34.2 Å². The van der Waals surface area contributed by atoms with E-state index in [0.717, 1.165) is 80.9 Å². The number of hydrogen-bond donors (Lipinski definition) is 2. The van der Waals surface area contributed by atoms with Gasteiger partial charge in [-0.1, -0.05) is 11.6 Å². The fourth-order valence-electron chi connectivity index (χ4n) is 4.80. The molecule has 0 radical (unpaired) electrons. The molecular weight excluding hydrogens is 448 g/mol. The summed E-state index contributed by atoms with van der Waals surface area (Å²) >= 11 is 5.92. The number of aliphatic hydroxyl groups is 1. The van der Waals surface area contributed by atoms with Gasteiger partial charge in [0.25, 0.3) is 0 Å². The lowest BCUT2D eigenvalue weighted by molar-refractivity contribution is 0.143. The van der Waals surface area contributed by atoms with E-state index in [0.29, 0.717) is 22.5 Å². The number of aryl methyl sites for hydroxylation is 1. The molecule has 8 nitrogen and oxygen atoms in total. The van der Waals surface area contributed by atoms with Crippen LogP contribution in [0.4, 0.5) is 11.8 Å². The van der Waals surface area contributed by atoms with Crippen LogP contribution in [0.5, 0.6) is 0 Å². The largest absolute Gasteiger partial charge is 0.394 e. The van der Waals surface area contributed by atoms with E-state index in [1.54, 1.807) is 12.4 Å². The number of nitrogens with zero attached hydrogens (tertiary/aromatic N) is 5. The predicted octanol–water partition coefficient (Wildman–Crippen LogP) is 3.07. The van der Waals surface area contributed by atoms with Crippen molar-refractivity contribution in [3.63, 3.8) is 0 Å². The maximum absolute atomic E-state index is 13.0. The molecule has 0 amide bonds. The minimum Gasteiger partial charge on any atom is -0.394 e. The van der Waals surface area contributed by atoms with Crippen molar-refractivity contribution in [3.05, 3.63) is 28.9 Å². The molecule has 2 aromatic rings. The summed E-state index contributed by atoms with van der Waals surface area (Å²) in [6.45, 7) is 1.71. The van der Waals surface area contributed by atoms with E-state index in [1.165, 1.54) is 0 Å². The molecule has 172 valence electrons. The highest BCUT2D eigenvalue weighted by molar-refractivity contribution is 7.85. The Kier molecular flexibility index (Phi) is 6.31. The Hall–Kier alpha value is -1.84. The van der Waals surface area contributed by atoms with Gasteiger partial charge in [0.2, 0.25) is 5.95 Å². The number of nitrogens with one attached hydrogen (secondary N) is 1. The first-order valence-corrected chi connectivity index (χ1v) is 13.2. The van der Waals surface area contributed by atoms with E-state index in [2.05, 4.69) is 20.2 Å². The zero-order valence-corrected chi connectivity index (χ0v) is 19.7. The Morgan fingerprint density at radius 1 is 1.16 bits per heavy atom. The second-order valence-corrected chi connectivity index (χ2v) is 11.0. The first-order chi connectivity index (χ1) is 15.6. The van der Waals surface area contributed by atoms with Crippen LogP contribution in [0.2, 0.25) is 5.02 Å². The third-order valence-corrected chi connectivity index (χ3v) is 8.66. The van der Waals surface area contributed by atoms with Crippen molar-refractivity contribution in [2.24, 2.45) is 0 Å². The van der Waals surface area contributed by atoms with Crippen molar-refractivity contribution in [1.29, 1.82) is 0 Å². The summed E-state index contributed by atoms with van der Waals surface area (Å²) < 4.78 is 13.0. The van der Waals surface area contributed by atoms with E-state index < -0.39 is 10.8 Å². The van der Waals surface area contributed by atoms with Gasteiger partial charge in [0.05, 0.1) is 46.1 Å². The van der Waals surface area contributed by atoms with E-state index in [9.17, 15) is 9.32 Å². The standard InChI is InChI=1S/C22H29ClN6O2S/c23-16-12-24-21(25-13-16)29-9-5-15(6-10-29)19-26-17-4-1-2-11-32(31)18(17)20(27-19)28-22(14-30)7-3-8-22/h12-13,15,30H,1-11,14H2,(H,26,27,28)/t32-/m0/s1. The van der Waals surface area contributed by atoms with Crippen LogP contribution in [-0.4, -0.2) is 60.2 Å². The molecule has 1 aliphatic carbocycles. The molecule has 2 N–H and O–H groups in total. The summed E-state index contributed by atoms with van der Waals surface area (Å²) in [4.78, 5) is 21.5.